The minimum atomic E-state index is -3.37. The Kier molecular flexibility index (Phi) is 4.94. The van der Waals surface area contributed by atoms with Gasteiger partial charge in [-0.2, -0.15) is 5.10 Å². The molecular weight excluding hydrogens is 302 g/mol. The molecule has 1 aliphatic heterocycles. The number of likely N-dealkylation sites (tertiary alicyclic amines) is 1. The third-order valence-electron chi connectivity index (χ3n) is 4.39. The van der Waals surface area contributed by atoms with Crippen LogP contribution in [0.5, 0.6) is 0 Å². The van der Waals surface area contributed by atoms with Crippen LogP contribution in [0, 0.1) is 13.8 Å². The van der Waals surface area contributed by atoms with Crippen LogP contribution >= 0.6 is 0 Å². The lowest BCUT2D eigenvalue weighted by Gasteiger charge is -2.37. The fourth-order valence-electron chi connectivity index (χ4n) is 2.96. The second-order valence-electron chi connectivity index (χ2n) is 6.26. The van der Waals surface area contributed by atoms with Crippen molar-refractivity contribution < 1.29 is 13.2 Å². The summed E-state index contributed by atoms with van der Waals surface area (Å²) >= 11 is 0. The van der Waals surface area contributed by atoms with Crippen molar-refractivity contribution in [2.45, 2.75) is 57.9 Å². The Hall–Kier alpha value is -1.37. The quantitative estimate of drug-likeness (QED) is 0.836. The monoisotopic (exact) mass is 327 g/mol. The zero-order valence-electron chi connectivity index (χ0n) is 13.7. The summed E-state index contributed by atoms with van der Waals surface area (Å²) in [4.78, 5) is 14.3. The van der Waals surface area contributed by atoms with E-state index < -0.39 is 15.1 Å². The van der Waals surface area contributed by atoms with Crippen LogP contribution in [-0.2, 0) is 21.2 Å². The van der Waals surface area contributed by atoms with E-state index in [0.717, 1.165) is 36.9 Å². The van der Waals surface area contributed by atoms with Crippen molar-refractivity contribution in [3.8, 4) is 0 Å². The minimum absolute atomic E-state index is 0.0171. The molecule has 0 aromatic carbocycles. The number of rotatable bonds is 4. The molecule has 0 bridgehead atoms. The second-order valence-corrected chi connectivity index (χ2v) is 8.63. The van der Waals surface area contributed by atoms with Gasteiger partial charge in [-0.1, -0.05) is 0 Å². The van der Waals surface area contributed by atoms with E-state index in [1.54, 1.807) is 4.90 Å². The lowest BCUT2D eigenvalue weighted by Crippen LogP contribution is -2.50. The molecule has 6 nitrogen and oxygen atoms in total. The van der Waals surface area contributed by atoms with Crippen LogP contribution in [0.2, 0.25) is 0 Å². The first kappa shape index (κ1) is 17.0. The molecule has 22 heavy (non-hydrogen) atoms. The Morgan fingerprint density at radius 2 is 2.09 bits per heavy atom. The number of amides is 1. The van der Waals surface area contributed by atoms with Gasteiger partial charge in [-0.15, -0.1) is 0 Å². The van der Waals surface area contributed by atoms with Crippen molar-refractivity contribution in [3.63, 3.8) is 0 Å². The van der Waals surface area contributed by atoms with Crippen molar-refractivity contribution in [1.29, 1.82) is 0 Å². The van der Waals surface area contributed by atoms with Crippen LogP contribution in [0.1, 0.15) is 37.6 Å². The van der Waals surface area contributed by atoms with Gasteiger partial charge in [0.2, 0.25) is 5.91 Å². The molecule has 1 amide bonds. The lowest BCUT2D eigenvalue weighted by molar-refractivity contribution is -0.134. The number of carbonyl (C=O) groups excluding carboxylic acids is 1. The van der Waals surface area contributed by atoms with Crippen molar-refractivity contribution >= 4 is 15.7 Å². The van der Waals surface area contributed by atoms with E-state index in [1.165, 1.54) is 6.92 Å². The van der Waals surface area contributed by atoms with E-state index in [-0.39, 0.29) is 11.9 Å². The highest BCUT2D eigenvalue weighted by atomic mass is 32.2. The van der Waals surface area contributed by atoms with Gasteiger partial charge in [0.15, 0.2) is 9.84 Å². The van der Waals surface area contributed by atoms with Gasteiger partial charge in [0, 0.05) is 18.5 Å². The van der Waals surface area contributed by atoms with Crippen LogP contribution < -0.4 is 0 Å². The molecule has 1 saturated heterocycles. The molecule has 2 atom stereocenters. The molecule has 0 saturated carbocycles. The summed E-state index contributed by atoms with van der Waals surface area (Å²) in [6, 6.07) is 2.03. The predicted molar refractivity (Wildman–Crippen MR) is 85.4 cm³/mol. The van der Waals surface area contributed by atoms with Crippen molar-refractivity contribution in [2.75, 3.05) is 12.8 Å². The van der Waals surface area contributed by atoms with Gasteiger partial charge < -0.3 is 4.90 Å². The number of aromatic nitrogens is 2. The summed E-state index contributed by atoms with van der Waals surface area (Å²) in [6.45, 7) is 6.67. The van der Waals surface area contributed by atoms with Gasteiger partial charge in [-0.3, -0.25) is 9.48 Å². The van der Waals surface area contributed by atoms with Crippen LogP contribution in [0.3, 0.4) is 0 Å². The topological polar surface area (TPSA) is 72.3 Å². The molecule has 0 radical (unpaired) electrons. The highest BCUT2D eigenvalue weighted by molar-refractivity contribution is 7.92. The van der Waals surface area contributed by atoms with Crippen LogP contribution in [-0.4, -0.2) is 53.1 Å². The predicted octanol–water partition coefficient (Wildman–Crippen LogP) is 1.31. The van der Waals surface area contributed by atoms with E-state index in [0.29, 0.717) is 13.1 Å². The maximum atomic E-state index is 12.6. The average molecular weight is 327 g/mol. The fourth-order valence-corrected chi connectivity index (χ4v) is 3.46. The minimum Gasteiger partial charge on any atom is -0.337 e. The van der Waals surface area contributed by atoms with Crippen molar-refractivity contribution in [1.82, 2.24) is 14.7 Å². The summed E-state index contributed by atoms with van der Waals surface area (Å²) in [5.74, 6) is -0.284. The van der Waals surface area contributed by atoms with Crippen LogP contribution in [0.4, 0.5) is 0 Å². The van der Waals surface area contributed by atoms with Gasteiger partial charge in [0.1, 0.15) is 5.25 Å². The molecule has 0 aliphatic carbocycles. The van der Waals surface area contributed by atoms with E-state index >= 15 is 0 Å². The number of sulfone groups is 1. The number of hydrogen-bond acceptors (Lipinski definition) is 4. The largest absolute Gasteiger partial charge is 0.337 e. The van der Waals surface area contributed by atoms with Crippen LogP contribution in [0.25, 0.3) is 0 Å². The molecule has 124 valence electrons. The molecule has 1 fully saturated rings. The molecule has 0 spiro atoms. The van der Waals surface area contributed by atoms with E-state index in [4.69, 9.17) is 0 Å². The number of carbonyl (C=O) groups is 1. The number of hydrogen-bond donors (Lipinski definition) is 0. The maximum Gasteiger partial charge on any atom is 0.240 e. The average Bonchev–Trinajstić information content (AvgIpc) is 2.75. The third kappa shape index (κ3) is 3.69. The lowest BCUT2D eigenvalue weighted by atomic mass is 10.0. The standard InChI is InChI=1S/C15H25N3O3S/c1-11-9-12(2)18(16-11)10-14-7-5-6-8-17(14)15(19)13(3)22(4,20)21/h9,13-14H,5-8,10H2,1-4H3/t13-,14-/m1/s1. The number of nitrogens with zero attached hydrogens (tertiary/aromatic N) is 3. The number of aryl methyl sites for hydroxylation is 2. The Morgan fingerprint density at radius 3 is 2.64 bits per heavy atom. The van der Waals surface area contributed by atoms with Gasteiger partial charge in [0.05, 0.1) is 18.3 Å². The molecule has 2 heterocycles. The highest BCUT2D eigenvalue weighted by Gasteiger charge is 2.34. The SMILES string of the molecule is Cc1cc(C)n(C[C@H]2CCCCN2C(=O)[C@@H](C)S(C)(=O)=O)n1. The van der Waals surface area contributed by atoms with Crippen molar-refractivity contribution in [2.24, 2.45) is 0 Å². The first-order valence-electron chi connectivity index (χ1n) is 7.70. The summed E-state index contributed by atoms with van der Waals surface area (Å²) in [7, 11) is -3.37. The summed E-state index contributed by atoms with van der Waals surface area (Å²) in [5.41, 5.74) is 2.02. The fraction of sp³-hybridized carbons (Fsp3) is 0.733. The van der Waals surface area contributed by atoms with Gasteiger partial charge >= 0.3 is 0 Å². The first-order chi connectivity index (χ1) is 10.2. The maximum absolute atomic E-state index is 12.6. The van der Waals surface area contributed by atoms with Crippen molar-refractivity contribution in [3.05, 3.63) is 17.5 Å². The first-order valence-corrected chi connectivity index (χ1v) is 9.66. The molecular formula is C15H25N3O3S. The second kappa shape index (κ2) is 6.40. The molecule has 1 aromatic heterocycles. The van der Waals surface area contributed by atoms with E-state index in [1.807, 2.05) is 24.6 Å². The molecule has 0 N–H and O–H groups in total. The Balaban J connectivity index is 2.18. The van der Waals surface area contributed by atoms with E-state index in [2.05, 4.69) is 5.10 Å². The molecule has 1 aromatic rings. The Labute approximate surface area is 132 Å². The Morgan fingerprint density at radius 1 is 1.41 bits per heavy atom. The zero-order chi connectivity index (χ0) is 16.5. The zero-order valence-corrected chi connectivity index (χ0v) is 14.6. The van der Waals surface area contributed by atoms with E-state index in [9.17, 15) is 13.2 Å². The highest BCUT2D eigenvalue weighted by Crippen LogP contribution is 2.21. The molecule has 0 unspecified atom stereocenters. The normalized spacial score (nSPS) is 20.9. The Bertz CT molecular complexity index is 651. The molecule has 7 heteroatoms. The smallest absolute Gasteiger partial charge is 0.240 e. The summed E-state index contributed by atoms with van der Waals surface area (Å²) < 4.78 is 25.3. The van der Waals surface area contributed by atoms with Crippen LogP contribution in [0.15, 0.2) is 6.07 Å². The summed E-state index contributed by atoms with van der Waals surface area (Å²) in [6.07, 6.45) is 3.99. The summed E-state index contributed by atoms with van der Waals surface area (Å²) in [5, 5.41) is 3.47. The van der Waals surface area contributed by atoms with Gasteiger partial charge in [0.25, 0.3) is 0 Å². The third-order valence-corrected chi connectivity index (χ3v) is 5.87. The molecule has 2 rings (SSSR count). The molecule has 1 aliphatic rings. The number of piperidine rings is 1. The van der Waals surface area contributed by atoms with Gasteiger partial charge in [-0.25, -0.2) is 8.42 Å². The van der Waals surface area contributed by atoms with Gasteiger partial charge in [-0.05, 0) is 46.1 Å².